The molecular formula is C17H25NO4. The number of aryl methyl sites for hydroxylation is 1. The quantitative estimate of drug-likeness (QED) is 0.836. The van der Waals surface area contributed by atoms with Gasteiger partial charge in [-0.1, -0.05) is 12.1 Å². The van der Waals surface area contributed by atoms with Crippen molar-refractivity contribution in [3.63, 3.8) is 0 Å². The largest absolute Gasteiger partial charge is 0.390 e. The molecule has 22 heavy (non-hydrogen) atoms. The Labute approximate surface area is 131 Å². The molecule has 0 aliphatic carbocycles. The highest BCUT2D eigenvalue weighted by atomic mass is 16.6. The summed E-state index contributed by atoms with van der Waals surface area (Å²) in [4.78, 5) is 12.1. The third kappa shape index (κ3) is 5.75. The van der Waals surface area contributed by atoms with Crippen LogP contribution in [-0.2, 0) is 15.9 Å². The van der Waals surface area contributed by atoms with Crippen LogP contribution in [0.5, 0.6) is 0 Å². The van der Waals surface area contributed by atoms with E-state index in [-0.39, 0.29) is 12.0 Å². The number of amides is 1. The first kappa shape index (κ1) is 16.9. The zero-order valence-electron chi connectivity index (χ0n) is 13.3. The lowest BCUT2D eigenvalue weighted by Gasteiger charge is -2.23. The van der Waals surface area contributed by atoms with E-state index in [1.54, 1.807) is 13.8 Å². The lowest BCUT2D eigenvalue weighted by Crippen LogP contribution is -2.39. The molecular weight excluding hydrogens is 282 g/mol. The van der Waals surface area contributed by atoms with E-state index in [1.165, 1.54) is 0 Å². The van der Waals surface area contributed by atoms with Crippen molar-refractivity contribution in [1.82, 2.24) is 5.32 Å². The first-order chi connectivity index (χ1) is 10.4. The normalized spacial score (nSPS) is 19.0. The summed E-state index contributed by atoms with van der Waals surface area (Å²) in [5, 5.41) is 12.6. The Morgan fingerprint density at radius 2 is 2.05 bits per heavy atom. The van der Waals surface area contributed by atoms with Crippen LogP contribution in [0.4, 0.5) is 0 Å². The summed E-state index contributed by atoms with van der Waals surface area (Å²) in [7, 11) is 0. The van der Waals surface area contributed by atoms with Crippen LogP contribution >= 0.6 is 0 Å². The van der Waals surface area contributed by atoms with Crippen molar-refractivity contribution in [2.75, 3.05) is 26.4 Å². The molecule has 1 saturated heterocycles. The van der Waals surface area contributed by atoms with Gasteiger partial charge in [-0.15, -0.1) is 0 Å². The highest BCUT2D eigenvalue weighted by Gasteiger charge is 2.16. The summed E-state index contributed by atoms with van der Waals surface area (Å²) in [6.07, 6.45) is 1.42. The molecule has 0 saturated carbocycles. The second-order valence-electron chi connectivity index (χ2n) is 6.29. The fraction of sp³-hybridized carbons (Fsp3) is 0.588. The van der Waals surface area contributed by atoms with E-state index in [9.17, 15) is 9.90 Å². The van der Waals surface area contributed by atoms with Gasteiger partial charge in [-0.3, -0.25) is 4.79 Å². The van der Waals surface area contributed by atoms with E-state index in [4.69, 9.17) is 9.47 Å². The highest BCUT2D eigenvalue weighted by Crippen LogP contribution is 2.14. The van der Waals surface area contributed by atoms with Gasteiger partial charge >= 0.3 is 0 Å². The van der Waals surface area contributed by atoms with E-state index in [2.05, 4.69) is 5.32 Å². The topological polar surface area (TPSA) is 67.8 Å². The molecule has 1 atom stereocenters. The second kappa shape index (κ2) is 7.72. The van der Waals surface area contributed by atoms with E-state index in [0.29, 0.717) is 38.3 Å². The van der Waals surface area contributed by atoms with Crippen LogP contribution in [-0.4, -0.2) is 49.1 Å². The number of carbonyl (C=O) groups is 1. The van der Waals surface area contributed by atoms with Gasteiger partial charge < -0.3 is 19.9 Å². The van der Waals surface area contributed by atoms with Gasteiger partial charge in [0, 0.05) is 12.1 Å². The van der Waals surface area contributed by atoms with Crippen molar-refractivity contribution < 1.29 is 19.4 Å². The van der Waals surface area contributed by atoms with Crippen molar-refractivity contribution >= 4 is 5.91 Å². The molecule has 1 aliphatic heterocycles. The second-order valence-corrected chi connectivity index (χ2v) is 6.29. The minimum atomic E-state index is -0.669. The maximum atomic E-state index is 12.1. The zero-order valence-corrected chi connectivity index (χ0v) is 13.3. The summed E-state index contributed by atoms with van der Waals surface area (Å²) < 4.78 is 10.8. The molecule has 1 heterocycles. The number of aliphatic hydroxyl groups is 1. The number of benzene rings is 1. The SMILES string of the molecule is CC(C)(O)CCc1ccc(C(=O)NC[C@@H]2COCCO2)cc1. The van der Waals surface area contributed by atoms with E-state index >= 15 is 0 Å². The Bertz CT molecular complexity index is 472. The van der Waals surface area contributed by atoms with Crippen LogP contribution in [0.2, 0.25) is 0 Å². The van der Waals surface area contributed by atoms with E-state index < -0.39 is 5.60 Å². The molecule has 1 fully saturated rings. The number of rotatable bonds is 6. The minimum Gasteiger partial charge on any atom is -0.390 e. The fourth-order valence-electron chi connectivity index (χ4n) is 2.24. The first-order valence-electron chi connectivity index (χ1n) is 7.73. The van der Waals surface area contributed by atoms with E-state index in [1.807, 2.05) is 24.3 Å². The molecule has 1 amide bonds. The number of carbonyl (C=O) groups excluding carboxylic acids is 1. The zero-order chi connectivity index (χ0) is 16.0. The van der Waals surface area contributed by atoms with Gasteiger partial charge in [0.15, 0.2) is 0 Å². The Hall–Kier alpha value is -1.43. The Kier molecular flexibility index (Phi) is 5.94. The predicted octanol–water partition coefficient (Wildman–Crippen LogP) is 1.54. The maximum Gasteiger partial charge on any atom is 0.251 e. The Morgan fingerprint density at radius 1 is 1.32 bits per heavy atom. The molecule has 0 unspecified atom stereocenters. The van der Waals surface area contributed by atoms with Crippen molar-refractivity contribution in [3.8, 4) is 0 Å². The van der Waals surface area contributed by atoms with Crippen molar-refractivity contribution in [2.45, 2.75) is 38.4 Å². The first-order valence-corrected chi connectivity index (χ1v) is 7.73. The molecule has 0 aromatic heterocycles. The third-order valence-corrected chi connectivity index (χ3v) is 3.62. The van der Waals surface area contributed by atoms with Gasteiger partial charge in [0.05, 0.1) is 31.5 Å². The Balaban J connectivity index is 1.80. The molecule has 0 spiro atoms. The monoisotopic (exact) mass is 307 g/mol. The molecule has 1 aromatic carbocycles. The summed E-state index contributed by atoms with van der Waals surface area (Å²) in [5.41, 5.74) is 1.07. The van der Waals surface area contributed by atoms with Gasteiger partial charge in [0.25, 0.3) is 5.91 Å². The summed E-state index contributed by atoms with van der Waals surface area (Å²) in [6, 6.07) is 7.49. The molecule has 2 N–H and O–H groups in total. The number of hydrogen-bond acceptors (Lipinski definition) is 4. The lowest BCUT2D eigenvalue weighted by atomic mass is 9.98. The summed E-state index contributed by atoms with van der Waals surface area (Å²) >= 11 is 0. The minimum absolute atomic E-state index is 0.0660. The van der Waals surface area contributed by atoms with E-state index in [0.717, 1.165) is 12.0 Å². The molecule has 1 aliphatic rings. The predicted molar refractivity (Wildman–Crippen MR) is 84.0 cm³/mol. The molecule has 0 radical (unpaired) electrons. The number of ether oxygens (including phenoxy) is 2. The van der Waals surface area contributed by atoms with Crippen LogP contribution in [0.1, 0.15) is 36.2 Å². The van der Waals surface area contributed by atoms with Crippen molar-refractivity contribution in [1.29, 1.82) is 0 Å². The molecule has 122 valence electrons. The standard InChI is InChI=1S/C17H25NO4/c1-17(2,20)8-7-13-3-5-14(6-4-13)16(19)18-11-15-12-21-9-10-22-15/h3-6,15,20H,7-12H2,1-2H3,(H,18,19)/t15-/m1/s1. The van der Waals surface area contributed by atoms with Crippen LogP contribution in [0.25, 0.3) is 0 Å². The molecule has 2 rings (SSSR count). The molecule has 0 bridgehead atoms. The van der Waals surface area contributed by atoms with Gasteiger partial charge in [0.1, 0.15) is 0 Å². The van der Waals surface area contributed by atoms with Crippen LogP contribution in [0.15, 0.2) is 24.3 Å². The molecule has 1 aromatic rings. The van der Waals surface area contributed by atoms with Gasteiger partial charge in [-0.2, -0.15) is 0 Å². The summed E-state index contributed by atoms with van der Waals surface area (Å²) in [5.74, 6) is -0.108. The Morgan fingerprint density at radius 3 is 2.64 bits per heavy atom. The molecule has 5 heteroatoms. The highest BCUT2D eigenvalue weighted by molar-refractivity contribution is 5.94. The van der Waals surface area contributed by atoms with Crippen LogP contribution in [0, 0.1) is 0 Å². The average Bonchev–Trinajstić information content (AvgIpc) is 2.51. The summed E-state index contributed by atoms with van der Waals surface area (Å²) in [6.45, 7) is 5.78. The molecule has 5 nitrogen and oxygen atoms in total. The smallest absolute Gasteiger partial charge is 0.251 e. The third-order valence-electron chi connectivity index (χ3n) is 3.62. The number of nitrogens with one attached hydrogen (secondary N) is 1. The fourth-order valence-corrected chi connectivity index (χ4v) is 2.24. The average molecular weight is 307 g/mol. The lowest BCUT2D eigenvalue weighted by molar-refractivity contribution is -0.0855. The van der Waals surface area contributed by atoms with Gasteiger partial charge in [-0.25, -0.2) is 0 Å². The van der Waals surface area contributed by atoms with Gasteiger partial charge in [-0.05, 0) is 44.4 Å². The van der Waals surface area contributed by atoms with Crippen molar-refractivity contribution in [3.05, 3.63) is 35.4 Å². The van der Waals surface area contributed by atoms with Crippen LogP contribution < -0.4 is 5.32 Å². The number of hydrogen-bond donors (Lipinski definition) is 2. The van der Waals surface area contributed by atoms with Gasteiger partial charge in [0.2, 0.25) is 0 Å². The van der Waals surface area contributed by atoms with Crippen LogP contribution in [0.3, 0.4) is 0 Å². The maximum absolute atomic E-state index is 12.1. The van der Waals surface area contributed by atoms with Crippen molar-refractivity contribution in [2.24, 2.45) is 0 Å².